The highest BCUT2D eigenvalue weighted by atomic mass is 35.5. The molecule has 1 rings (SSSR count). The van der Waals surface area contributed by atoms with Crippen LogP contribution in [0.5, 0.6) is 5.75 Å². The highest BCUT2D eigenvalue weighted by molar-refractivity contribution is 6.30. The Hall–Kier alpha value is -1.75. The summed E-state index contributed by atoms with van der Waals surface area (Å²) in [4.78, 5) is 23.6. The molecule has 1 unspecified atom stereocenters. The third-order valence-electron chi connectivity index (χ3n) is 2.80. The minimum atomic E-state index is -1.31. The first-order chi connectivity index (χ1) is 10.1. The van der Waals surface area contributed by atoms with Gasteiger partial charge in [-0.15, -0.1) is 0 Å². The van der Waals surface area contributed by atoms with E-state index in [-0.39, 0.29) is 0 Å². The lowest BCUT2D eigenvalue weighted by Crippen LogP contribution is -2.47. The Bertz CT molecular complexity index is 554. The Labute approximate surface area is 135 Å². The number of hydrogen-bond donors (Lipinski definition) is 1. The lowest BCUT2D eigenvalue weighted by atomic mass is 9.93. The zero-order valence-electron chi connectivity index (χ0n) is 13.5. The molecular weight excluding hydrogens is 306 g/mol. The van der Waals surface area contributed by atoms with Gasteiger partial charge in [0, 0.05) is 10.6 Å². The standard InChI is InChI=1S/C16H22ClNO4/c1-6-21-13-8-7-11(17)9-12(13)16(5,10-19)18-14(20)22-15(2,3)4/h7-10H,6H2,1-5H3,(H,18,20). The van der Waals surface area contributed by atoms with Crippen molar-refractivity contribution >= 4 is 24.0 Å². The fraction of sp³-hybridized carbons (Fsp3) is 0.500. The summed E-state index contributed by atoms with van der Waals surface area (Å²) in [6.07, 6.45) is -0.0602. The second kappa shape index (κ2) is 7.01. The molecule has 6 heteroatoms. The van der Waals surface area contributed by atoms with Crippen molar-refractivity contribution < 1.29 is 19.1 Å². The first-order valence-electron chi connectivity index (χ1n) is 7.01. The van der Waals surface area contributed by atoms with E-state index in [0.29, 0.717) is 29.2 Å². The van der Waals surface area contributed by atoms with Crippen molar-refractivity contribution in [2.24, 2.45) is 0 Å². The number of aldehydes is 1. The maximum atomic E-state index is 12.0. The summed E-state index contributed by atoms with van der Waals surface area (Å²) >= 11 is 6.01. The molecule has 0 saturated carbocycles. The average molecular weight is 328 g/mol. The van der Waals surface area contributed by atoms with Crippen LogP contribution in [0.25, 0.3) is 0 Å². The monoisotopic (exact) mass is 327 g/mol. The molecule has 0 saturated heterocycles. The molecule has 0 radical (unpaired) electrons. The van der Waals surface area contributed by atoms with Crippen LogP contribution in [0.15, 0.2) is 18.2 Å². The third kappa shape index (κ3) is 4.91. The van der Waals surface area contributed by atoms with Gasteiger partial charge in [0.1, 0.15) is 23.2 Å². The summed E-state index contributed by atoms with van der Waals surface area (Å²) < 4.78 is 10.7. The topological polar surface area (TPSA) is 64.6 Å². The summed E-state index contributed by atoms with van der Waals surface area (Å²) in [5, 5.41) is 3.02. The summed E-state index contributed by atoms with van der Waals surface area (Å²) in [6.45, 7) is 9.06. The zero-order valence-corrected chi connectivity index (χ0v) is 14.3. The van der Waals surface area contributed by atoms with Crippen LogP contribution in [0.1, 0.15) is 40.2 Å². The molecule has 0 heterocycles. The molecule has 5 nitrogen and oxygen atoms in total. The molecule has 0 aliphatic heterocycles. The number of ether oxygens (including phenoxy) is 2. The summed E-state index contributed by atoms with van der Waals surface area (Å²) in [6, 6.07) is 4.92. The van der Waals surface area contributed by atoms with Crippen LogP contribution in [0, 0.1) is 0 Å². The predicted molar refractivity (Wildman–Crippen MR) is 85.4 cm³/mol. The Morgan fingerprint density at radius 1 is 1.32 bits per heavy atom. The van der Waals surface area contributed by atoms with Gasteiger partial charge in [-0.1, -0.05) is 11.6 Å². The number of alkyl carbamates (subject to hydrolysis) is 1. The largest absolute Gasteiger partial charge is 0.493 e. The number of carbonyl (C=O) groups is 2. The van der Waals surface area contributed by atoms with Crippen LogP contribution < -0.4 is 10.1 Å². The minimum absolute atomic E-state index is 0.427. The fourth-order valence-corrected chi connectivity index (χ4v) is 2.04. The molecule has 0 fully saturated rings. The molecule has 1 atom stereocenters. The van der Waals surface area contributed by atoms with E-state index in [9.17, 15) is 9.59 Å². The van der Waals surface area contributed by atoms with Crippen molar-refractivity contribution in [2.45, 2.75) is 45.8 Å². The van der Waals surface area contributed by atoms with Crippen molar-refractivity contribution in [2.75, 3.05) is 6.61 Å². The molecular formula is C16H22ClNO4. The van der Waals surface area contributed by atoms with Gasteiger partial charge < -0.3 is 19.6 Å². The Morgan fingerprint density at radius 3 is 2.45 bits per heavy atom. The second-order valence-electron chi connectivity index (χ2n) is 6.02. The van der Waals surface area contributed by atoms with Gasteiger partial charge in [-0.2, -0.15) is 0 Å². The number of hydrogen-bond acceptors (Lipinski definition) is 4. The first-order valence-corrected chi connectivity index (χ1v) is 7.39. The van der Waals surface area contributed by atoms with Crippen LogP contribution in [0.4, 0.5) is 4.79 Å². The number of amides is 1. The predicted octanol–water partition coefficient (Wildman–Crippen LogP) is 3.68. The van der Waals surface area contributed by atoms with E-state index in [1.165, 1.54) is 0 Å². The van der Waals surface area contributed by atoms with Crippen LogP contribution in [0.3, 0.4) is 0 Å². The van der Waals surface area contributed by atoms with Gasteiger partial charge in [0.2, 0.25) is 0 Å². The fourth-order valence-electron chi connectivity index (χ4n) is 1.87. The van der Waals surface area contributed by atoms with Crippen molar-refractivity contribution in [3.8, 4) is 5.75 Å². The van der Waals surface area contributed by atoms with Gasteiger partial charge in [0.05, 0.1) is 6.61 Å². The van der Waals surface area contributed by atoms with Crippen LogP contribution >= 0.6 is 11.6 Å². The van der Waals surface area contributed by atoms with Crippen molar-refractivity contribution in [1.29, 1.82) is 0 Å². The Morgan fingerprint density at radius 2 is 1.95 bits per heavy atom. The summed E-state index contributed by atoms with van der Waals surface area (Å²) in [5.41, 5.74) is -1.49. The van der Waals surface area contributed by atoms with E-state index < -0.39 is 17.2 Å². The lowest BCUT2D eigenvalue weighted by molar-refractivity contribution is -0.113. The van der Waals surface area contributed by atoms with Crippen molar-refractivity contribution in [3.05, 3.63) is 28.8 Å². The SMILES string of the molecule is CCOc1ccc(Cl)cc1C(C)(C=O)NC(=O)OC(C)(C)C. The normalized spacial score (nSPS) is 13.9. The highest BCUT2D eigenvalue weighted by Crippen LogP contribution is 2.31. The molecule has 0 spiro atoms. The van der Waals surface area contributed by atoms with Gasteiger partial charge in [0.15, 0.2) is 0 Å². The van der Waals surface area contributed by atoms with Gasteiger partial charge in [0.25, 0.3) is 0 Å². The van der Waals surface area contributed by atoms with Gasteiger partial charge in [-0.05, 0) is 52.8 Å². The van der Waals surface area contributed by atoms with Gasteiger partial charge in [-0.25, -0.2) is 4.79 Å². The molecule has 1 N–H and O–H groups in total. The molecule has 1 aromatic carbocycles. The molecule has 0 aliphatic carbocycles. The number of halogens is 1. The van der Waals surface area contributed by atoms with E-state index in [0.717, 1.165) is 0 Å². The van der Waals surface area contributed by atoms with Crippen LogP contribution in [0.2, 0.25) is 5.02 Å². The molecule has 22 heavy (non-hydrogen) atoms. The number of benzene rings is 1. The maximum absolute atomic E-state index is 12.0. The summed E-state index contributed by atoms with van der Waals surface area (Å²) in [7, 11) is 0. The highest BCUT2D eigenvalue weighted by Gasteiger charge is 2.33. The van der Waals surface area contributed by atoms with E-state index in [2.05, 4.69) is 5.32 Å². The van der Waals surface area contributed by atoms with E-state index >= 15 is 0 Å². The van der Waals surface area contributed by atoms with Gasteiger partial charge >= 0.3 is 6.09 Å². The number of carbonyl (C=O) groups excluding carboxylic acids is 2. The lowest BCUT2D eigenvalue weighted by Gasteiger charge is -2.29. The average Bonchev–Trinajstić information content (AvgIpc) is 2.38. The molecule has 0 aromatic heterocycles. The second-order valence-corrected chi connectivity index (χ2v) is 6.46. The maximum Gasteiger partial charge on any atom is 0.408 e. The van der Waals surface area contributed by atoms with E-state index in [1.54, 1.807) is 45.9 Å². The number of rotatable bonds is 5. The van der Waals surface area contributed by atoms with Crippen LogP contribution in [-0.4, -0.2) is 24.6 Å². The molecule has 1 amide bonds. The van der Waals surface area contributed by atoms with E-state index in [4.69, 9.17) is 21.1 Å². The molecule has 0 aliphatic rings. The zero-order chi connectivity index (χ0) is 17.0. The first kappa shape index (κ1) is 18.3. The van der Waals surface area contributed by atoms with Gasteiger partial charge in [-0.3, -0.25) is 0 Å². The Kier molecular flexibility index (Phi) is 5.83. The van der Waals surface area contributed by atoms with Crippen LogP contribution in [-0.2, 0) is 15.1 Å². The minimum Gasteiger partial charge on any atom is -0.493 e. The molecule has 1 aromatic rings. The van der Waals surface area contributed by atoms with Crippen molar-refractivity contribution in [1.82, 2.24) is 5.32 Å². The smallest absolute Gasteiger partial charge is 0.408 e. The summed E-state index contributed by atoms with van der Waals surface area (Å²) in [5.74, 6) is 0.484. The van der Waals surface area contributed by atoms with E-state index in [1.807, 2.05) is 6.92 Å². The third-order valence-corrected chi connectivity index (χ3v) is 3.03. The molecule has 122 valence electrons. The quantitative estimate of drug-likeness (QED) is 0.838. The number of nitrogens with one attached hydrogen (secondary N) is 1. The molecule has 0 bridgehead atoms. The Balaban J connectivity index is 3.15. The van der Waals surface area contributed by atoms with Crippen molar-refractivity contribution in [3.63, 3.8) is 0 Å².